The lowest BCUT2D eigenvalue weighted by Gasteiger charge is -2.09. The highest BCUT2D eigenvalue weighted by Crippen LogP contribution is 2.21. The quantitative estimate of drug-likeness (QED) is 0.493. The zero-order chi connectivity index (χ0) is 20.8. The summed E-state index contributed by atoms with van der Waals surface area (Å²) in [5, 5.41) is 2.79. The molecule has 5 heteroatoms. The zero-order valence-corrected chi connectivity index (χ0v) is 16.2. The lowest BCUT2D eigenvalue weighted by atomic mass is 10.1. The topological polar surface area (TPSA) is 71.2 Å². The van der Waals surface area contributed by atoms with E-state index in [1.807, 2.05) is 84.9 Å². The molecule has 0 saturated heterocycles. The van der Waals surface area contributed by atoms with Gasteiger partial charge in [-0.2, -0.15) is 0 Å². The molecule has 0 radical (unpaired) electrons. The van der Waals surface area contributed by atoms with Gasteiger partial charge in [0.1, 0.15) is 17.1 Å². The van der Waals surface area contributed by atoms with Crippen molar-refractivity contribution in [2.75, 3.05) is 0 Å². The Morgan fingerprint density at radius 3 is 2.23 bits per heavy atom. The smallest absolute Gasteiger partial charge is 0.261 e. The Kier molecular flexibility index (Phi) is 5.71. The molecule has 0 fully saturated rings. The summed E-state index contributed by atoms with van der Waals surface area (Å²) >= 11 is 0. The Morgan fingerprint density at radius 1 is 0.800 bits per heavy atom. The van der Waals surface area contributed by atoms with E-state index in [9.17, 15) is 9.59 Å². The molecule has 0 bridgehead atoms. The van der Waals surface area contributed by atoms with Crippen LogP contribution in [0.1, 0.15) is 15.9 Å². The lowest BCUT2D eigenvalue weighted by Crippen LogP contribution is -2.29. The summed E-state index contributed by atoms with van der Waals surface area (Å²) in [6.45, 7) is 0.282. The number of rotatable bonds is 6. The van der Waals surface area contributed by atoms with Crippen molar-refractivity contribution in [1.29, 1.82) is 0 Å². The summed E-state index contributed by atoms with van der Waals surface area (Å²) in [5.74, 6) is 0.993. The summed E-state index contributed by atoms with van der Waals surface area (Å²) in [7, 11) is 0. The minimum absolute atomic E-state index is 0.0753. The molecule has 0 aliphatic heterocycles. The van der Waals surface area contributed by atoms with Crippen LogP contribution < -0.4 is 15.6 Å². The second kappa shape index (κ2) is 8.92. The van der Waals surface area contributed by atoms with E-state index in [1.54, 1.807) is 12.1 Å². The van der Waals surface area contributed by atoms with Crippen molar-refractivity contribution in [1.82, 2.24) is 10.3 Å². The fourth-order valence-electron chi connectivity index (χ4n) is 3.06. The van der Waals surface area contributed by atoms with Crippen LogP contribution in [-0.4, -0.2) is 10.9 Å². The van der Waals surface area contributed by atoms with E-state index in [0.717, 1.165) is 16.9 Å². The number of carbonyl (C=O) groups is 1. The van der Waals surface area contributed by atoms with E-state index in [0.29, 0.717) is 11.4 Å². The van der Waals surface area contributed by atoms with Crippen molar-refractivity contribution >= 4 is 5.91 Å². The number of pyridine rings is 1. The molecule has 0 atom stereocenters. The summed E-state index contributed by atoms with van der Waals surface area (Å²) < 4.78 is 5.82. The van der Waals surface area contributed by atoms with Crippen LogP contribution in [0.2, 0.25) is 0 Å². The summed E-state index contributed by atoms with van der Waals surface area (Å²) in [5.41, 5.74) is 2.08. The Hall–Kier alpha value is -4.12. The largest absolute Gasteiger partial charge is 0.457 e. The van der Waals surface area contributed by atoms with Crippen molar-refractivity contribution in [3.05, 3.63) is 119 Å². The average Bonchev–Trinajstić information content (AvgIpc) is 2.79. The highest BCUT2D eigenvalue weighted by molar-refractivity contribution is 5.94. The van der Waals surface area contributed by atoms with E-state index < -0.39 is 11.5 Å². The van der Waals surface area contributed by atoms with E-state index in [4.69, 9.17) is 4.74 Å². The molecule has 1 aromatic heterocycles. The van der Waals surface area contributed by atoms with Gasteiger partial charge in [0.15, 0.2) is 0 Å². The molecule has 4 aromatic rings. The number of para-hydroxylation sites is 1. The highest BCUT2D eigenvalue weighted by atomic mass is 16.5. The Bertz CT molecular complexity index is 1200. The first-order chi connectivity index (χ1) is 14.7. The molecule has 4 rings (SSSR count). The van der Waals surface area contributed by atoms with Gasteiger partial charge in [0.05, 0.1) is 0 Å². The number of aromatic amines is 1. The minimum atomic E-state index is -0.426. The van der Waals surface area contributed by atoms with Gasteiger partial charge >= 0.3 is 0 Å². The van der Waals surface area contributed by atoms with Gasteiger partial charge in [0.2, 0.25) is 0 Å². The van der Waals surface area contributed by atoms with Gasteiger partial charge in [0.25, 0.3) is 11.5 Å². The van der Waals surface area contributed by atoms with Gasteiger partial charge in [0, 0.05) is 12.2 Å². The van der Waals surface area contributed by atoms with Crippen LogP contribution in [0.5, 0.6) is 11.5 Å². The zero-order valence-electron chi connectivity index (χ0n) is 16.2. The van der Waals surface area contributed by atoms with Gasteiger partial charge in [-0.05, 0) is 47.5 Å². The monoisotopic (exact) mass is 396 g/mol. The molecule has 5 nitrogen and oxygen atoms in total. The van der Waals surface area contributed by atoms with Crippen molar-refractivity contribution in [2.45, 2.75) is 6.54 Å². The average molecular weight is 396 g/mol. The first-order valence-corrected chi connectivity index (χ1v) is 9.58. The molecule has 1 heterocycles. The fraction of sp³-hybridized carbons (Fsp3) is 0.0400. The van der Waals surface area contributed by atoms with Crippen LogP contribution in [0.25, 0.3) is 11.3 Å². The fourth-order valence-corrected chi connectivity index (χ4v) is 3.06. The van der Waals surface area contributed by atoms with E-state index >= 15 is 0 Å². The van der Waals surface area contributed by atoms with Crippen LogP contribution in [0, 0.1) is 0 Å². The Labute approximate surface area is 174 Å². The summed E-state index contributed by atoms with van der Waals surface area (Å²) in [6, 6.07) is 29.7. The van der Waals surface area contributed by atoms with Gasteiger partial charge < -0.3 is 15.0 Å². The van der Waals surface area contributed by atoms with E-state index in [-0.39, 0.29) is 12.1 Å². The molecule has 0 unspecified atom stereocenters. The third kappa shape index (κ3) is 4.64. The second-order valence-corrected chi connectivity index (χ2v) is 6.73. The number of amides is 1. The molecule has 2 N–H and O–H groups in total. The van der Waals surface area contributed by atoms with Crippen LogP contribution in [0.3, 0.4) is 0 Å². The number of carbonyl (C=O) groups excluding carboxylic acids is 1. The summed E-state index contributed by atoms with van der Waals surface area (Å²) in [4.78, 5) is 27.7. The first kappa shape index (κ1) is 19.2. The van der Waals surface area contributed by atoms with Crippen molar-refractivity contribution in [2.24, 2.45) is 0 Å². The molecule has 3 aromatic carbocycles. The van der Waals surface area contributed by atoms with Gasteiger partial charge in [-0.25, -0.2) is 0 Å². The van der Waals surface area contributed by atoms with Crippen molar-refractivity contribution < 1.29 is 9.53 Å². The molecular weight excluding hydrogens is 376 g/mol. The standard InChI is InChI=1S/C25H20N2O3/c28-24(22-14-15-23(27-25(22)29)19-9-3-1-4-10-19)26-17-18-8-7-13-21(16-18)30-20-11-5-2-6-12-20/h1-16H,17H2,(H,26,28)(H,27,29). The molecule has 30 heavy (non-hydrogen) atoms. The number of H-pyrrole nitrogens is 1. The van der Waals surface area contributed by atoms with Crippen molar-refractivity contribution in [3.8, 4) is 22.8 Å². The molecule has 1 amide bonds. The number of nitrogens with one attached hydrogen (secondary N) is 2. The normalized spacial score (nSPS) is 10.4. The van der Waals surface area contributed by atoms with Crippen LogP contribution in [0.15, 0.2) is 102 Å². The molecule has 0 spiro atoms. The number of hydrogen-bond donors (Lipinski definition) is 2. The number of ether oxygens (including phenoxy) is 1. The first-order valence-electron chi connectivity index (χ1n) is 9.58. The van der Waals surface area contributed by atoms with Crippen LogP contribution >= 0.6 is 0 Å². The van der Waals surface area contributed by atoms with E-state index in [1.165, 1.54) is 0 Å². The predicted octanol–water partition coefficient (Wildman–Crippen LogP) is 4.76. The summed E-state index contributed by atoms with van der Waals surface area (Å²) in [6.07, 6.45) is 0. The minimum Gasteiger partial charge on any atom is -0.457 e. The highest BCUT2D eigenvalue weighted by Gasteiger charge is 2.11. The van der Waals surface area contributed by atoms with Crippen LogP contribution in [0.4, 0.5) is 0 Å². The third-order valence-corrected chi connectivity index (χ3v) is 4.57. The predicted molar refractivity (Wildman–Crippen MR) is 117 cm³/mol. The second-order valence-electron chi connectivity index (χ2n) is 6.73. The maximum atomic E-state index is 12.5. The molecular formula is C25H20N2O3. The molecule has 148 valence electrons. The van der Waals surface area contributed by atoms with Crippen LogP contribution in [-0.2, 0) is 6.54 Å². The third-order valence-electron chi connectivity index (χ3n) is 4.57. The van der Waals surface area contributed by atoms with E-state index in [2.05, 4.69) is 10.3 Å². The molecule has 0 aliphatic rings. The number of benzene rings is 3. The van der Waals surface area contributed by atoms with Crippen molar-refractivity contribution in [3.63, 3.8) is 0 Å². The Balaban J connectivity index is 1.42. The number of hydrogen-bond acceptors (Lipinski definition) is 3. The van der Waals surface area contributed by atoms with Gasteiger partial charge in [-0.1, -0.05) is 60.7 Å². The Morgan fingerprint density at radius 2 is 1.50 bits per heavy atom. The van der Waals surface area contributed by atoms with Gasteiger partial charge in [-0.3, -0.25) is 9.59 Å². The molecule has 0 aliphatic carbocycles. The molecule has 0 saturated carbocycles. The maximum Gasteiger partial charge on any atom is 0.261 e. The SMILES string of the molecule is O=C(NCc1cccc(Oc2ccccc2)c1)c1ccc(-c2ccccc2)[nH]c1=O. The van der Waals surface area contributed by atoms with Gasteiger partial charge in [-0.15, -0.1) is 0 Å². The maximum absolute atomic E-state index is 12.5. The lowest BCUT2D eigenvalue weighted by molar-refractivity contribution is 0.0949. The number of aromatic nitrogens is 1.